The van der Waals surface area contributed by atoms with Crippen molar-refractivity contribution in [1.82, 2.24) is 6.15 Å². The topological polar surface area (TPSA) is 90.8 Å². The van der Waals surface area contributed by atoms with Crippen LogP contribution in [0, 0.1) is 11.8 Å². The van der Waals surface area contributed by atoms with Crippen LogP contribution >= 0.6 is 17.0 Å². The highest BCUT2D eigenvalue weighted by molar-refractivity contribution is 8.93. The third-order valence-electron chi connectivity index (χ3n) is 5.66. The average molecular weight is 466 g/mol. The molecule has 0 unspecified atom stereocenters. The van der Waals surface area contributed by atoms with Gasteiger partial charge in [-0.2, -0.15) is 0 Å². The van der Waals surface area contributed by atoms with E-state index in [1.54, 1.807) is 0 Å². The Balaban J connectivity index is 0.00000210. The fourth-order valence-corrected chi connectivity index (χ4v) is 4.12. The minimum atomic E-state index is -0.714. The number of carbonyl (C=O) groups is 1. The van der Waals surface area contributed by atoms with Crippen molar-refractivity contribution in [2.24, 2.45) is 11.8 Å². The first kappa shape index (κ1) is 25.1. The number of rotatable bonds is 6. The third kappa shape index (κ3) is 4.65. The van der Waals surface area contributed by atoms with Gasteiger partial charge in [0.05, 0.1) is 0 Å². The lowest BCUT2D eigenvalue weighted by atomic mass is 9.77. The van der Waals surface area contributed by atoms with Crippen LogP contribution in [0.4, 0.5) is 0 Å². The molecule has 0 bridgehead atoms. The standard InChI is InChI=1S/C23H28O4.BrH.H3N/c1-15(2)23(13-14-24,16(3)4)27-22(25)21-17-9-5-7-11-19(17)26-20-12-8-6-10-18(20)21;;/h5-12,15-16,21,24H,13-14H2,1-4H3;1H;1H3. The van der Waals surface area contributed by atoms with Crippen molar-refractivity contribution in [2.75, 3.05) is 6.61 Å². The van der Waals surface area contributed by atoms with Gasteiger partial charge >= 0.3 is 5.97 Å². The summed E-state index contributed by atoms with van der Waals surface area (Å²) in [4.78, 5) is 13.5. The molecule has 5 nitrogen and oxygen atoms in total. The van der Waals surface area contributed by atoms with E-state index in [0.717, 1.165) is 11.1 Å². The van der Waals surface area contributed by atoms with Crippen LogP contribution in [0.15, 0.2) is 48.5 Å². The minimum Gasteiger partial charge on any atom is -0.458 e. The summed E-state index contributed by atoms with van der Waals surface area (Å²) in [6, 6.07) is 15.2. The zero-order valence-corrected chi connectivity index (χ0v) is 19.3. The normalized spacial score (nSPS) is 12.9. The minimum absolute atomic E-state index is 0. The number of benzene rings is 2. The van der Waals surface area contributed by atoms with Crippen molar-refractivity contribution in [2.45, 2.75) is 45.6 Å². The van der Waals surface area contributed by atoms with Crippen molar-refractivity contribution < 1.29 is 19.4 Å². The number of fused-ring (bicyclic) bond motifs is 2. The number of hydrogen-bond donors (Lipinski definition) is 2. The van der Waals surface area contributed by atoms with Crippen LogP contribution in [0.3, 0.4) is 0 Å². The first-order valence-corrected chi connectivity index (χ1v) is 9.60. The molecule has 0 aliphatic carbocycles. The van der Waals surface area contributed by atoms with Gasteiger partial charge in [-0.05, 0) is 24.0 Å². The van der Waals surface area contributed by atoms with E-state index >= 15 is 0 Å². The first-order valence-electron chi connectivity index (χ1n) is 9.60. The monoisotopic (exact) mass is 465 g/mol. The molecule has 3 rings (SSSR count). The molecule has 29 heavy (non-hydrogen) atoms. The molecule has 1 heterocycles. The Bertz CT molecular complexity index is 769. The molecule has 2 aromatic carbocycles. The number of hydrogen-bond acceptors (Lipinski definition) is 5. The van der Waals surface area contributed by atoms with Gasteiger partial charge in [0.1, 0.15) is 23.0 Å². The molecule has 0 fully saturated rings. The molecule has 0 radical (unpaired) electrons. The molecule has 0 spiro atoms. The second-order valence-corrected chi connectivity index (χ2v) is 7.77. The van der Waals surface area contributed by atoms with Crippen LogP contribution in [0.25, 0.3) is 0 Å². The Hall–Kier alpha value is -1.89. The molecular formula is C23H32BrNO4. The zero-order valence-electron chi connectivity index (χ0n) is 17.6. The highest BCUT2D eigenvalue weighted by Crippen LogP contribution is 2.46. The van der Waals surface area contributed by atoms with Crippen molar-refractivity contribution >= 4 is 23.0 Å². The molecular weight excluding hydrogens is 434 g/mol. The van der Waals surface area contributed by atoms with Gasteiger partial charge in [0.2, 0.25) is 0 Å². The molecule has 0 saturated carbocycles. The summed E-state index contributed by atoms with van der Waals surface area (Å²) in [6.07, 6.45) is 0.417. The summed E-state index contributed by atoms with van der Waals surface area (Å²) < 4.78 is 12.2. The molecule has 0 atom stereocenters. The molecule has 4 N–H and O–H groups in total. The van der Waals surface area contributed by atoms with E-state index in [1.165, 1.54) is 0 Å². The zero-order chi connectivity index (χ0) is 19.6. The SMILES string of the molecule is Br.CC(C)C(CCO)(OC(=O)C1c2ccccc2Oc2ccccc21)C(C)C.N. The van der Waals surface area contributed by atoms with Crippen LogP contribution in [-0.4, -0.2) is 23.3 Å². The summed E-state index contributed by atoms with van der Waals surface area (Å²) in [5.74, 6) is 0.689. The van der Waals surface area contributed by atoms with E-state index < -0.39 is 11.5 Å². The quantitative estimate of drug-likeness (QED) is 0.538. The highest BCUT2D eigenvalue weighted by atomic mass is 79.9. The summed E-state index contributed by atoms with van der Waals surface area (Å²) in [6.45, 7) is 8.12. The molecule has 1 aliphatic heterocycles. The Morgan fingerprint density at radius 3 is 1.86 bits per heavy atom. The van der Waals surface area contributed by atoms with Gasteiger partial charge in [0.15, 0.2) is 0 Å². The number of carbonyl (C=O) groups excluding carboxylic acids is 1. The van der Waals surface area contributed by atoms with E-state index in [-0.39, 0.29) is 47.5 Å². The fraction of sp³-hybridized carbons (Fsp3) is 0.435. The molecule has 0 aromatic heterocycles. The van der Waals surface area contributed by atoms with Gasteiger partial charge in [-0.1, -0.05) is 64.1 Å². The van der Waals surface area contributed by atoms with E-state index in [2.05, 4.69) is 0 Å². The average Bonchev–Trinajstić information content (AvgIpc) is 2.65. The van der Waals surface area contributed by atoms with E-state index in [0.29, 0.717) is 17.9 Å². The highest BCUT2D eigenvalue weighted by Gasteiger charge is 2.44. The van der Waals surface area contributed by atoms with E-state index in [4.69, 9.17) is 9.47 Å². The number of esters is 1. The Morgan fingerprint density at radius 1 is 1.00 bits per heavy atom. The lowest BCUT2D eigenvalue weighted by Crippen LogP contribution is -2.47. The van der Waals surface area contributed by atoms with Crippen molar-refractivity contribution in [3.05, 3.63) is 59.7 Å². The van der Waals surface area contributed by atoms with Gasteiger partial charge in [-0.3, -0.25) is 4.79 Å². The number of para-hydroxylation sites is 2. The van der Waals surface area contributed by atoms with E-state index in [1.807, 2.05) is 76.2 Å². The smallest absolute Gasteiger partial charge is 0.318 e. The lowest BCUT2D eigenvalue weighted by Gasteiger charge is -2.41. The summed E-state index contributed by atoms with van der Waals surface area (Å²) in [5, 5.41) is 9.63. The Labute approximate surface area is 183 Å². The molecule has 1 aliphatic rings. The third-order valence-corrected chi connectivity index (χ3v) is 5.66. The largest absolute Gasteiger partial charge is 0.458 e. The first-order chi connectivity index (χ1) is 12.9. The molecule has 0 amide bonds. The van der Waals surface area contributed by atoms with Crippen molar-refractivity contribution in [3.63, 3.8) is 0 Å². The maximum Gasteiger partial charge on any atom is 0.318 e. The summed E-state index contributed by atoms with van der Waals surface area (Å²) in [5.41, 5.74) is 0.909. The number of halogens is 1. The van der Waals surface area contributed by atoms with Gasteiger partial charge in [-0.15, -0.1) is 17.0 Å². The van der Waals surface area contributed by atoms with Crippen molar-refractivity contribution in [1.29, 1.82) is 0 Å². The predicted octanol–water partition coefficient (Wildman–Crippen LogP) is 5.64. The Kier molecular flexibility index (Phi) is 8.87. The number of aliphatic hydroxyl groups excluding tert-OH is 1. The maximum atomic E-state index is 13.5. The lowest BCUT2D eigenvalue weighted by molar-refractivity contribution is -0.175. The van der Waals surface area contributed by atoms with Gasteiger partial charge in [0, 0.05) is 24.2 Å². The molecule has 0 saturated heterocycles. The predicted molar refractivity (Wildman–Crippen MR) is 120 cm³/mol. The maximum absolute atomic E-state index is 13.5. The number of aliphatic hydroxyl groups is 1. The summed E-state index contributed by atoms with van der Waals surface area (Å²) in [7, 11) is 0. The van der Waals surface area contributed by atoms with Crippen LogP contribution in [0.1, 0.15) is 51.2 Å². The molecule has 160 valence electrons. The Morgan fingerprint density at radius 2 is 1.45 bits per heavy atom. The summed E-state index contributed by atoms with van der Waals surface area (Å²) >= 11 is 0. The number of ether oxygens (including phenoxy) is 2. The molecule has 6 heteroatoms. The van der Waals surface area contributed by atoms with Gasteiger partial charge < -0.3 is 20.7 Å². The van der Waals surface area contributed by atoms with Crippen LogP contribution < -0.4 is 10.9 Å². The van der Waals surface area contributed by atoms with Crippen LogP contribution in [0.2, 0.25) is 0 Å². The second-order valence-electron chi connectivity index (χ2n) is 7.77. The molecule has 2 aromatic rings. The van der Waals surface area contributed by atoms with Gasteiger partial charge in [-0.25, -0.2) is 0 Å². The fourth-order valence-electron chi connectivity index (χ4n) is 4.12. The van der Waals surface area contributed by atoms with Gasteiger partial charge in [0.25, 0.3) is 0 Å². The van der Waals surface area contributed by atoms with E-state index in [9.17, 15) is 9.90 Å². The van der Waals surface area contributed by atoms with Crippen LogP contribution in [0.5, 0.6) is 11.5 Å². The van der Waals surface area contributed by atoms with Crippen LogP contribution in [-0.2, 0) is 9.53 Å². The van der Waals surface area contributed by atoms with Crippen molar-refractivity contribution in [3.8, 4) is 11.5 Å². The second kappa shape index (κ2) is 10.2.